The van der Waals surface area contributed by atoms with Crippen molar-refractivity contribution in [1.82, 2.24) is 13.9 Å². The summed E-state index contributed by atoms with van der Waals surface area (Å²) >= 11 is 1.52. The number of benzene rings is 2. The highest BCUT2D eigenvalue weighted by Gasteiger charge is 2.27. The Morgan fingerprint density at radius 2 is 1.92 bits per heavy atom. The molecule has 2 heterocycles. The van der Waals surface area contributed by atoms with E-state index in [-0.39, 0.29) is 4.90 Å². The molecule has 1 saturated heterocycles. The predicted octanol–water partition coefficient (Wildman–Crippen LogP) is 3.57. The SMILES string of the molecule is CCOCCCn1c(SCc2ccc(C(=O)OC)cc2OC)nc2cc(S(=O)(=O)N3CCOCC3)ccc21. The number of morpholine rings is 1. The minimum absolute atomic E-state index is 0.225. The molecule has 1 aliphatic rings. The summed E-state index contributed by atoms with van der Waals surface area (Å²) in [6.45, 7) is 5.36. The lowest BCUT2D eigenvalue weighted by Crippen LogP contribution is -2.40. The van der Waals surface area contributed by atoms with Gasteiger partial charge < -0.3 is 23.5 Å². The summed E-state index contributed by atoms with van der Waals surface area (Å²) in [6.07, 6.45) is 0.790. The molecule has 3 aromatic rings. The molecule has 38 heavy (non-hydrogen) atoms. The molecule has 0 unspecified atom stereocenters. The van der Waals surface area contributed by atoms with Crippen molar-refractivity contribution < 1.29 is 32.2 Å². The number of esters is 1. The van der Waals surface area contributed by atoms with E-state index in [2.05, 4.69) is 4.57 Å². The number of thioether (sulfide) groups is 1. The van der Waals surface area contributed by atoms with Gasteiger partial charge in [-0.1, -0.05) is 17.8 Å². The van der Waals surface area contributed by atoms with Gasteiger partial charge in [0.05, 0.1) is 48.9 Å². The van der Waals surface area contributed by atoms with Crippen molar-refractivity contribution in [3.8, 4) is 5.75 Å². The largest absolute Gasteiger partial charge is 0.496 e. The summed E-state index contributed by atoms with van der Waals surface area (Å²) in [5, 5.41) is 0.761. The van der Waals surface area contributed by atoms with Gasteiger partial charge in [-0.3, -0.25) is 0 Å². The average Bonchev–Trinajstić information content (AvgIpc) is 3.30. The highest BCUT2D eigenvalue weighted by atomic mass is 32.2. The van der Waals surface area contributed by atoms with Crippen molar-refractivity contribution in [2.75, 3.05) is 53.7 Å². The molecule has 0 aliphatic carbocycles. The van der Waals surface area contributed by atoms with E-state index in [4.69, 9.17) is 23.9 Å². The van der Waals surface area contributed by atoms with Gasteiger partial charge in [0, 0.05) is 44.2 Å². The number of fused-ring (bicyclic) bond motifs is 1. The summed E-state index contributed by atoms with van der Waals surface area (Å²) in [6, 6.07) is 10.3. The van der Waals surface area contributed by atoms with E-state index in [9.17, 15) is 13.2 Å². The van der Waals surface area contributed by atoms with Crippen LogP contribution in [0.5, 0.6) is 5.75 Å². The zero-order chi connectivity index (χ0) is 27.1. The molecular formula is C26H33N3O7S2. The second-order valence-electron chi connectivity index (χ2n) is 8.57. The summed E-state index contributed by atoms with van der Waals surface area (Å²) in [5.74, 6) is 0.693. The molecule has 10 nitrogen and oxygen atoms in total. The van der Waals surface area contributed by atoms with Crippen LogP contribution in [0.1, 0.15) is 29.3 Å². The maximum atomic E-state index is 13.2. The Morgan fingerprint density at radius 1 is 1.13 bits per heavy atom. The molecule has 0 spiro atoms. The Bertz CT molecular complexity index is 1370. The number of aromatic nitrogens is 2. The number of sulfonamides is 1. The van der Waals surface area contributed by atoms with Gasteiger partial charge in [0.1, 0.15) is 5.75 Å². The van der Waals surface area contributed by atoms with Gasteiger partial charge in [-0.05, 0) is 43.7 Å². The molecule has 1 aromatic heterocycles. The van der Waals surface area contributed by atoms with E-state index in [1.807, 2.05) is 19.1 Å². The number of hydrogen-bond donors (Lipinski definition) is 0. The molecule has 206 valence electrons. The standard InChI is InChI=1S/C26H33N3O7S2/c1-4-35-13-5-10-29-23-9-8-21(38(31,32)28-11-14-36-15-12-28)17-22(23)27-26(29)37-18-20-7-6-19(25(30)34-3)16-24(20)33-2/h6-9,16-17H,4-5,10-15,18H2,1-3H3. The van der Waals surface area contributed by atoms with Crippen molar-refractivity contribution in [3.05, 3.63) is 47.5 Å². The summed E-state index contributed by atoms with van der Waals surface area (Å²) < 4.78 is 51.1. The van der Waals surface area contributed by atoms with E-state index in [0.29, 0.717) is 68.6 Å². The Balaban J connectivity index is 1.63. The third kappa shape index (κ3) is 6.32. The Kier molecular flexibility index (Phi) is 9.66. The van der Waals surface area contributed by atoms with Crippen LogP contribution < -0.4 is 4.74 Å². The normalized spacial score (nSPS) is 14.6. The minimum atomic E-state index is -3.64. The molecular weight excluding hydrogens is 530 g/mol. The topological polar surface area (TPSA) is 109 Å². The molecule has 4 rings (SSSR count). The number of aryl methyl sites for hydroxylation is 1. The van der Waals surface area contributed by atoms with Crippen LogP contribution in [-0.4, -0.2) is 82.0 Å². The highest BCUT2D eigenvalue weighted by Crippen LogP contribution is 2.32. The monoisotopic (exact) mass is 563 g/mol. The van der Waals surface area contributed by atoms with Crippen LogP contribution in [0.15, 0.2) is 46.5 Å². The molecule has 12 heteroatoms. The number of ether oxygens (including phenoxy) is 4. The number of nitrogens with zero attached hydrogens (tertiary/aromatic N) is 3. The second kappa shape index (κ2) is 12.9. The number of hydrogen-bond acceptors (Lipinski definition) is 9. The van der Waals surface area contributed by atoms with Crippen LogP contribution in [0.3, 0.4) is 0 Å². The fraction of sp³-hybridized carbons (Fsp3) is 0.462. The third-order valence-corrected chi connectivity index (χ3v) is 9.15. The van der Waals surface area contributed by atoms with Crippen molar-refractivity contribution in [3.63, 3.8) is 0 Å². The number of rotatable bonds is 12. The van der Waals surface area contributed by atoms with Crippen molar-refractivity contribution in [2.45, 2.75) is 35.7 Å². The second-order valence-corrected chi connectivity index (χ2v) is 11.5. The first-order chi connectivity index (χ1) is 18.4. The Hall–Kier alpha value is -2.64. The van der Waals surface area contributed by atoms with Crippen LogP contribution in [0, 0.1) is 0 Å². The first-order valence-electron chi connectivity index (χ1n) is 12.4. The third-order valence-electron chi connectivity index (χ3n) is 6.23. The molecule has 0 radical (unpaired) electrons. The van der Waals surface area contributed by atoms with Crippen molar-refractivity contribution >= 4 is 38.8 Å². The summed E-state index contributed by atoms with van der Waals surface area (Å²) in [7, 11) is -0.737. The van der Waals surface area contributed by atoms with Crippen LogP contribution in [0.25, 0.3) is 11.0 Å². The minimum Gasteiger partial charge on any atom is -0.496 e. The van der Waals surface area contributed by atoms with E-state index >= 15 is 0 Å². The lowest BCUT2D eigenvalue weighted by atomic mass is 10.1. The van der Waals surface area contributed by atoms with Gasteiger partial charge in [-0.25, -0.2) is 18.2 Å². The quantitative estimate of drug-likeness (QED) is 0.186. The smallest absolute Gasteiger partial charge is 0.337 e. The molecule has 1 aliphatic heterocycles. The first kappa shape index (κ1) is 28.4. The molecule has 0 N–H and O–H groups in total. The van der Waals surface area contributed by atoms with Gasteiger partial charge in [-0.2, -0.15) is 4.31 Å². The predicted molar refractivity (Wildman–Crippen MR) is 144 cm³/mol. The molecule has 2 aromatic carbocycles. The number of carbonyl (C=O) groups excluding carboxylic acids is 1. The molecule has 1 fully saturated rings. The number of carbonyl (C=O) groups is 1. The van der Waals surface area contributed by atoms with E-state index in [1.165, 1.54) is 23.2 Å². The number of methoxy groups -OCH3 is 2. The van der Waals surface area contributed by atoms with Gasteiger partial charge in [0.15, 0.2) is 5.16 Å². The zero-order valence-electron chi connectivity index (χ0n) is 21.8. The highest BCUT2D eigenvalue weighted by molar-refractivity contribution is 7.98. The maximum Gasteiger partial charge on any atom is 0.337 e. The fourth-order valence-electron chi connectivity index (χ4n) is 4.23. The lowest BCUT2D eigenvalue weighted by Gasteiger charge is -2.26. The van der Waals surface area contributed by atoms with Gasteiger partial charge in [-0.15, -0.1) is 0 Å². The first-order valence-corrected chi connectivity index (χ1v) is 14.9. The van der Waals surface area contributed by atoms with Crippen LogP contribution in [0.2, 0.25) is 0 Å². The van der Waals surface area contributed by atoms with Gasteiger partial charge in [0.2, 0.25) is 10.0 Å². The van der Waals surface area contributed by atoms with Gasteiger partial charge >= 0.3 is 5.97 Å². The van der Waals surface area contributed by atoms with E-state index < -0.39 is 16.0 Å². The lowest BCUT2D eigenvalue weighted by molar-refractivity contribution is 0.0600. The molecule has 0 bridgehead atoms. The zero-order valence-corrected chi connectivity index (χ0v) is 23.5. The fourth-order valence-corrected chi connectivity index (χ4v) is 6.69. The maximum absolute atomic E-state index is 13.2. The van der Waals surface area contributed by atoms with Crippen LogP contribution in [-0.2, 0) is 36.5 Å². The van der Waals surface area contributed by atoms with E-state index in [1.54, 1.807) is 31.4 Å². The molecule has 0 atom stereocenters. The summed E-state index contributed by atoms with van der Waals surface area (Å²) in [5.41, 5.74) is 2.79. The Morgan fingerprint density at radius 3 is 2.63 bits per heavy atom. The molecule has 0 amide bonds. The summed E-state index contributed by atoms with van der Waals surface area (Å²) in [4.78, 5) is 17.0. The number of imidazole rings is 1. The van der Waals surface area contributed by atoms with Crippen LogP contribution >= 0.6 is 11.8 Å². The van der Waals surface area contributed by atoms with Crippen LogP contribution in [0.4, 0.5) is 0 Å². The Labute approximate surface area is 227 Å². The van der Waals surface area contributed by atoms with Crippen molar-refractivity contribution in [1.29, 1.82) is 0 Å². The average molecular weight is 564 g/mol. The van der Waals surface area contributed by atoms with Gasteiger partial charge in [0.25, 0.3) is 0 Å². The molecule has 0 saturated carbocycles. The van der Waals surface area contributed by atoms with Crippen molar-refractivity contribution in [2.24, 2.45) is 0 Å². The van der Waals surface area contributed by atoms with E-state index in [0.717, 1.165) is 22.7 Å².